The fourth-order valence-electron chi connectivity index (χ4n) is 1.92. The maximum Gasteiger partial charge on any atom is 0.358 e. The summed E-state index contributed by atoms with van der Waals surface area (Å²) in [5, 5.41) is 16.4. The molecule has 6 nitrogen and oxygen atoms in total. The summed E-state index contributed by atoms with van der Waals surface area (Å²) in [6.45, 7) is 1.92. The monoisotopic (exact) mass is 279 g/mol. The summed E-state index contributed by atoms with van der Waals surface area (Å²) in [6, 6.07) is 4.49. The first-order chi connectivity index (χ1) is 9.56. The van der Waals surface area contributed by atoms with Crippen LogP contribution in [0.25, 0.3) is 0 Å². The number of ether oxygens (including phenoxy) is 1. The number of rotatable bonds is 5. The van der Waals surface area contributed by atoms with Crippen molar-refractivity contribution in [2.45, 2.75) is 19.9 Å². The van der Waals surface area contributed by atoms with E-state index in [4.69, 9.17) is 9.84 Å². The quantitative estimate of drug-likeness (QED) is 0.902. The van der Waals surface area contributed by atoms with Crippen molar-refractivity contribution in [3.8, 4) is 5.75 Å². The average molecular weight is 279 g/mol. The molecule has 1 aromatic carbocycles. The number of benzene rings is 1. The molecule has 106 valence electrons. The molecule has 0 spiro atoms. The standard InChI is InChI=1S/C13H14FN3O3/c1-3-11-12(13(18)19)15-16-17(11)7-8-4-5-9(20-2)6-10(8)14/h4-6H,3,7H2,1-2H3,(H,18,19). The Morgan fingerprint density at radius 3 is 2.80 bits per heavy atom. The lowest BCUT2D eigenvalue weighted by Gasteiger charge is -2.08. The number of methoxy groups -OCH3 is 1. The average Bonchev–Trinajstić information content (AvgIpc) is 2.83. The minimum Gasteiger partial charge on any atom is -0.497 e. The van der Waals surface area contributed by atoms with Crippen LogP contribution in [-0.4, -0.2) is 33.2 Å². The third-order valence-electron chi connectivity index (χ3n) is 2.96. The Labute approximate surface area is 114 Å². The Kier molecular flexibility index (Phi) is 3.97. The Hall–Kier alpha value is -2.44. The molecule has 2 aromatic rings. The van der Waals surface area contributed by atoms with Gasteiger partial charge in [-0.1, -0.05) is 18.2 Å². The van der Waals surface area contributed by atoms with Gasteiger partial charge in [0.05, 0.1) is 19.3 Å². The second-order valence-electron chi connectivity index (χ2n) is 4.16. The van der Waals surface area contributed by atoms with Gasteiger partial charge in [0.25, 0.3) is 0 Å². The smallest absolute Gasteiger partial charge is 0.358 e. The lowest BCUT2D eigenvalue weighted by atomic mass is 10.2. The van der Waals surface area contributed by atoms with Crippen molar-refractivity contribution in [3.63, 3.8) is 0 Å². The maximum atomic E-state index is 13.9. The molecular weight excluding hydrogens is 265 g/mol. The molecule has 0 unspecified atom stereocenters. The molecule has 1 heterocycles. The third-order valence-corrected chi connectivity index (χ3v) is 2.96. The van der Waals surface area contributed by atoms with Crippen LogP contribution < -0.4 is 4.74 Å². The van der Waals surface area contributed by atoms with Crippen molar-refractivity contribution in [1.29, 1.82) is 0 Å². The molecule has 0 bridgehead atoms. The SMILES string of the molecule is CCc1c(C(=O)O)nnn1Cc1ccc(OC)cc1F. The van der Waals surface area contributed by atoms with E-state index in [1.54, 1.807) is 19.1 Å². The maximum absolute atomic E-state index is 13.9. The third kappa shape index (κ3) is 2.61. The minimum absolute atomic E-state index is 0.0959. The van der Waals surface area contributed by atoms with E-state index in [1.165, 1.54) is 17.9 Å². The van der Waals surface area contributed by atoms with Gasteiger partial charge in [0.2, 0.25) is 0 Å². The molecule has 1 aromatic heterocycles. The Balaban J connectivity index is 2.33. The van der Waals surface area contributed by atoms with Crippen LogP contribution in [0, 0.1) is 5.82 Å². The van der Waals surface area contributed by atoms with E-state index in [0.29, 0.717) is 23.4 Å². The highest BCUT2D eigenvalue weighted by Crippen LogP contribution is 2.18. The lowest BCUT2D eigenvalue weighted by Crippen LogP contribution is -2.09. The molecule has 2 rings (SSSR count). The summed E-state index contributed by atoms with van der Waals surface area (Å²) in [7, 11) is 1.46. The molecule has 0 amide bonds. The van der Waals surface area contributed by atoms with Crippen LogP contribution >= 0.6 is 0 Å². The number of nitrogens with zero attached hydrogens (tertiary/aromatic N) is 3. The second kappa shape index (κ2) is 5.68. The van der Waals surface area contributed by atoms with E-state index in [1.807, 2.05) is 0 Å². The van der Waals surface area contributed by atoms with Crippen molar-refractivity contribution in [1.82, 2.24) is 15.0 Å². The summed E-state index contributed by atoms with van der Waals surface area (Å²) >= 11 is 0. The van der Waals surface area contributed by atoms with Crippen molar-refractivity contribution in [2.24, 2.45) is 0 Å². The van der Waals surface area contributed by atoms with Gasteiger partial charge >= 0.3 is 5.97 Å². The molecule has 0 aliphatic carbocycles. The van der Waals surface area contributed by atoms with Gasteiger partial charge in [-0.2, -0.15) is 0 Å². The van der Waals surface area contributed by atoms with Crippen LogP contribution in [0.5, 0.6) is 5.75 Å². The first-order valence-electron chi connectivity index (χ1n) is 6.04. The first kappa shape index (κ1) is 14.0. The number of hydrogen-bond acceptors (Lipinski definition) is 4. The summed E-state index contributed by atoms with van der Waals surface area (Å²) in [5.41, 5.74) is 0.761. The summed E-state index contributed by atoms with van der Waals surface area (Å²) in [6.07, 6.45) is 0.451. The number of carboxylic acids is 1. The zero-order chi connectivity index (χ0) is 14.7. The predicted octanol–water partition coefficient (Wildman–Crippen LogP) is 1.73. The van der Waals surface area contributed by atoms with Crippen LogP contribution in [0.3, 0.4) is 0 Å². The normalized spacial score (nSPS) is 10.6. The van der Waals surface area contributed by atoms with E-state index < -0.39 is 11.8 Å². The predicted molar refractivity (Wildman–Crippen MR) is 68.4 cm³/mol. The van der Waals surface area contributed by atoms with Gasteiger partial charge < -0.3 is 9.84 Å². The van der Waals surface area contributed by atoms with Crippen LogP contribution in [-0.2, 0) is 13.0 Å². The Morgan fingerprint density at radius 2 is 2.25 bits per heavy atom. The highest BCUT2D eigenvalue weighted by molar-refractivity contribution is 5.86. The van der Waals surface area contributed by atoms with Gasteiger partial charge in [0, 0.05) is 11.6 Å². The summed E-state index contributed by atoms with van der Waals surface area (Å²) in [5.74, 6) is -1.14. The largest absolute Gasteiger partial charge is 0.497 e. The molecule has 0 saturated heterocycles. The Bertz CT molecular complexity index is 640. The molecule has 1 N–H and O–H groups in total. The number of aromatic nitrogens is 3. The summed E-state index contributed by atoms with van der Waals surface area (Å²) in [4.78, 5) is 11.0. The van der Waals surface area contributed by atoms with E-state index in [9.17, 15) is 9.18 Å². The van der Waals surface area contributed by atoms with Gasteiger partial charge in [-0.25, -0.2) is 13.9 Å². The Morgan fingerprint density at radius 1 is 1.50 bits per heavy atom. The van der Waals surface area contributed by atoms with Gasteiger partial charge in [-0.15, -0.1) is 5.10 Å². The number of carboxylic acid groups (broad SMARTS) is 1. The molecule has 20 heavy (non-hydrogen) atoms. The number of carbonyl (C=O) groups is 1. The van der Waals surface area contributed by atoms with Crippen molar-refractivity contribution < 1.29 is 19.0 Å². The molecule has 0 aliphatic rings. The molecule has 0 atom stereocenters. The van der Waals surface area contributed by atoms with Crippen molar-refractivity contribution in [2.75, 3.05) is 7.11 Å². The van der Waals surface area contributed by atoms with Gasteiger partial charge in [0.15, 0.2) is 5.69 Å². The molecule has 0 fully saturated rings. The van der Waals surface area contributed by atoms with Crippen LogP contribution in [0.2, 0.25) is 0 Å². The van der Waals surface area contributed by atoms with E-state index in [-0.39, 0.29) is 12.2 Å². The first-order valence-corrected chi connectivity index (χ1v) is 6.04. The highest BCUT2D eigenvalue weighted by Gasteiger charge is 2.18. The number of halogens is 1. The fourth-order valence-corrected chi connectivity index (χ4v) is 1.92. The van der Waals surface area contributed by atoms with Gasteiger partial charge in [-0.3, -0.25) is 0 Å². The zero-order valence-corrected chi connectivity index (χ0v) is 11.1. The highest BCUT2D eigenvalue weighted by atomic mass is 19.1. The molecule has 7 heteroatoms. The molecule has 0 aliphatic heterocycles. The number of aromatic carboxylic acids is 1. The van der Waals surface area contributed by atoms with Gasteiger partial charge in [-0.05, 0) is 12.5 Å². The fraction of sp³-hybridized carbons (Fsp3) is 0.308. The molecular formula is C13H14FN3O3. The lowest BCUT2D eigenvalue weighted by molar-refractivity contribution is 0.0689. The zero-order valence-electron chi connectivity index (χ0n) is 11.1. The van der Waals surface area contributed by atoms with Crippen molar-refractivity contribution >= 4 is 5.97 Å². The summed E-state index contributed by atoms with van der Waals surface area (Å²) < 4.78 is 20.2. The number of hydrogen-bond donors (Lipinski definition) is 1. The van der Waals surface area contributed by atoms with Crippen molar-refractivity contribution in [3.05, 3.63) is 41.0 Å². The van der Waals surface area contributed by atoms with E-state index >= 15 is 0 Å². The minimum atomic E-state index is -1.14. The second-order valence-corrected chi connectivity index (χ2v) is 4.16. The molecule has 0 saturated carbocycles. The van der Waals surface area contributed by atoms with Crippen LogP contribution in [0.4, 0.5) is 4.39 Å². The van der Waals surface area contributed by atoms with E-state index in [0.717, 1.165) is 0 Å². The topological polar surface area (TPSA) is 77.2 Å². The molecule has 0 radical (unpaired) electrons. The van der Waals surface area contributed by atoms with Crippen LogP contribution in [0.1, 0.15) is 28.7 Å². The van der Waals surface area contributed by atoms with Gasteiger partial charge in [0.1, 0.15) is 11.6 Å². The van der Waals surface area contributed by atoms with E-state index in [2.05, 4.69) is 10.3 Å². The van der Waals surface area contributed by atoms with Crippen LogP contribution in [0.15, 0.2) is 18.2 Å².